The molecule has 3 rings (SSSR count). The smallest absolute Gasteiger partial charge is 0.352 e. The Morgan fingerprint density at radius 1 is 1.37 bits per heavy atom. The number of aromatic nitrogens is 5. The summed E-state index contributed by atoms with van der Waals surface area (Å²) in [5, 5.41) is 21.9. The standard InChI is InChI=1S/C12H11N5O2/c1-16-14-11(13-15-16)7-17-9-5-3-2-4-8(9)6-10(17)12(18)19/h2-6H,7H2,1H3,(H,18,19). The molecule has 7 heteroatoms. The zero-order chi connectivity index (χ0) is 13.4. The van der Waals surface area contributed by atoms with E-state index in [1.54, 1.807) is 17.7 Å². The minimum atomic E-state index is -0.972. The molecule has 0 atom stereocenters. The highest BCUT2D eigenvalue weighted by atomic mass is 16.4. The zero-order valence-electron chi connectivity index (χ0n) is 10.2. The van der Waals surface area contributed by atoms with Crippen LogP contribution in [0.1, 0.15) is 16.3 Å². The molecule has 0 spiro atoms. The van der Waals surface area contributed by atoms with Crippen molar-refractivity contribution in [3.05, 3.63) is 41.9 Å². The third kappa shape index (κ3) is 1.95. The zero-order valence-corrected chi connectivity index (χ0v) is 10.2. The van der Waals surface area contributed by atoms with Gasteiger partial charge in [0.2, 0.25) is 0 Å². The van der Waals surface area contributed by atoms with Gasteiger partial charge in [-0.1, -0.05) is 18.2 Å². The predicted molar refractivity (Wildman–Crippen MR) is 66.8 cm³/mol. The van der Waals surface area contributed by atoms with E-state index in [0.29, 0.717) is 5.82 Å². The molecule has 0 amide bonds. The van der Waals surface area contributed by atoms with Crippen molar-refractivity contribution >= 4 is 16.9 Å². The van der Waals surface area contributed by atoms with Crippen molar-refractivity contribution in [2.75, 3.05) is 0 Å². The number of benzene rings is 1. The lowest BCUT2D eigenvalue weighted by molar-refractivity contribution is 0.0686. The lowest BCUT2D eigenvalue weighted by atomic mass is 10.2. The second-order valence-electron chi connectivity index (χ2n) is 4.17. The van der Waals surface area contributed by atoms with Crippen LogP contribution in [0, 0.1) is 0 Å². The molecule has 0 radical (unpaired) electrons. The van der Waals surface area contributed by atoms with E-state index in [2.05, 4.69) is 15.4 Å². The quantitative estimate of drug-likeness (QED) is 0.753. The number of hydrogen-bond donors (Lipinski definition) is 1. The summed E-state index contributed by atoms with van der Waals surface area (Å²) in [7, 11) is 1.67. The van der Waals surface area contributed by atoms with Gasteiger partial charge in [0.25, 0.3) is 0 Å². The number of hydrogen-bond acceptors (Lipinski definition) is 4. The van der Waals surface area contributed by atoms with Gasteiger partial charge in [0.05, 0.1) is 13.6 Å². The van der Waals surface area contributed by atoms with Gasteiger partial charge in [-0.25, -0.2) is 4.79 Å². The number of tetrazole rings is 1. The topological polar surface area (TPSA) is 85.8 Å². The van der Waals surface area contributed by atoms with Gasteiger partial charge >= 0.3 is 5.97 Å². The molecular formula is C12H11N5O2. The van der Waals surface area contributed by atoms with Gasteiger partial charge in [0, 0.05) is 10.9 Å². The van der Waals surface area contributed by atoms with Gasteiger partial charge in [0.15, 0.2) is 5.82 Å². The molecule has 0 aliphatic carbocycles. The van der Waals surface area contributed by atoms with Crippen LogP contribution in [0.2, 0.25) is 0 Å². The van der Waals surface area contributed by atoms with E-state index in [0.717, 1.165) is 10.9 Å². The van der Waals surface area contributed by atoms with E-state index in [-0.39, 0.29) is 12.2 Å². The Kier molecular flexibility index (Phi) is 2.52. The number of fused-ring (bicyclic) bond motifs is 1. The number of para-hydroxylation sites is 1. The van der Waals surface area contributed by atoms with E-state index in [9.17, 15) is 9.90 Å². The average molecular weight is 257 g/mol. The van der Waals surface area contributed by atoms with Crippen LogP contribution in [0.4, 0.5) is 0 Å². The fraction of sp³-hybridized carbons (Fsp3) is 0.167. The highest BCUT2D eigenvalue weighted by molar-refractivity contribution is 5.94. The third-order valence-corrected chi connectivity index (χ3v) is 2.88. The predicted octanol–water partition coefficient (Wildman–Crippen LogP) is 0.911. The summed E-state index contributed by atoms with van der Waals surface area (Å²) in [5.41, 5.74) is 1.06. The molecule has 0 bridgehead atoms. The molecule has 0 fully saturated rings. The first kappa shape index (κ1) is 11.4. The molecule has 0 saturated carbocycles. The Morgan fingerprint density at radius 3 is 2.84 bits per heavy atom. The monoisotopic (exact) mass is 257 g/mol. The normalized spacial score (nSPS) is 11.0. The molecule has 0 saturated heterocycles. The van der Waals surface area contributed by atoms with E-state index >= 15 is 0 Å². The van der Waals surface area contributed by atoms with Crippen molar-refractivity contribution in [1.82, 2.24) is 24.8 Å². The van der Waals surface area contributed by atoms with E-state index in [1.807, 2.05) is 24.3 Å². The maximum atomic E-state index is 11.3. The van der Waals surface area contributed by atoms with Gasteiger partial charge < -0.3 is 9.67 Å². The first-order valence-electron chi connectivity index (χ1n) is 5.69. The molecule has 96 valence electrons. The summed E-state index contributed by atoms with van der Waals surface area (Å²) in [6.45, 7) is 0.281. The van der Waals surface area contributed by atoms with Crippen LogP contribution in [-0.2, 0) is 13.6 Å². The summed E-state index contributed by atoms with van der Waals surface area (Å²) < 4.78 is 1.68. The molecule has 0 aliphatic rings. The number of aromatic carboxylic acids is 1. The van der Waals surface area contributed by atoms with Gasteiger partial charge in [-0.3, -0.25) is 0 Å². The largest absolute Gasteiger partial charge is 0.477 e. The third-order valence-electron chi connectivity index (χ3n) is 2.88. The van der Waals surface area contributed by atoms with Crippen LogP contribution < -0.4 is 0 Å². The Labute approximate surface area is 108 Å². The Morgan fingerprint density at radius 2 is 2.16 bits per heavy atom. The number of carbonyl (C=O) groups is 1. The van der Waals surface area contributed by atoms with E-state index in [1.165, 1.54) is 4.80 Å². The fourth-order valence-corrected chi connectivity index (χ4v) is 2.09. The SMILES string of the molecule is Cn1nnc(Cn2c(C(=O)O)cc3ccccc32)n1. The molecule has 1 aromatic carbocycles. The molecule has 19 heavy (non-hydrogen) atoms. The van der Waals surface area contributed by atoms with Crippen LogP contribution in [0.3, 0.4) is 0 Å². The Hall–Kier alpha value is -2.70. The molecule has 1 N–H and O–H groups in total. The van der Waals surface area contributed by atoms with Gasteiger partial charge in [-0.15, -0.1) is 10.2 Å². The van der Waals surface area contributed by atoms with Crippen LogP contribution in [-0.4, -0.2) is 35.9 Å². The van der Waals surface area contributed by atoms with Gasteiger partial charge in [-0.2, -0.15) is 4.80 Å². The van der Waals surface area contributed by atoms with E-state index in [4.69, 9.17) is 0 Å². The Bertz CT molecular complexity index is 758. The van der Waals surface area contributed by atoms with Crippen molar-refractivity contribution in [1.29, 1.82) is 0 Å². The summed E-state index contributed by atoms with van der Waals surface area (Å²) in [6, 6.07) is 9.14. The summed E-state index contributed by atoms with van der Waals surface area (Å²) in [5.74, 6) is -0.494. The minimum absolute atomic E-state index is 0.216. The molecular weight excluding hydrogens is 246 g/mol. The summed E-state index contributed by atoms with van der Waals surface area (Å²) in [6.07, 6.45) is 0. The number of nitrogens with zero attached hydrogens (tertiary/aromatic N) is 5. The molecule has 0 aliphatic heterocycles. The maximum Gasteiger partial charge on any atom is 0.352 e. The molecule has 7 nitrogen and oxygen atoms in total. The number of carboxylic acid groups (broad SMARTS) is 1. The van der Waals surface area contributed by atoms with Crippen LogP contribution >= 0.6 is 0 Å². The number of carboxylic acids is 1. The number of rotatable bonds is 3. The van der Waals surface area contributed by atoms with Crippen molar-refractivity contribution in [3.63, 3.8) is 0 Å². The van der Waals surface area contributed by atoms with Crippen molar-refractivity contribution in [3.8, 4) is 0 Å². The molecule has 2 aromatic heterocycles. The Balaban J connectivity index is 2.14. The molecule has 0 unspecified atom stereocenters. The van der Waals surface area contributed by atoms with Crippen molar-refractivity contribution in [2.45, 2.75) is 6.54 Å². The molecule has 2 heterocycles. The van der Waals surface area contributed by atoms with Crippen LogP contribution in [0.5, 0.6) is 0 Å². The minimum Gasteiger partial charge on any atom is -0.477 e. The van der Waals surface area contributed by atoms with Crippen LogP contribution in [0.25, 0.3) is 10.9 Å². The molecule has 3 aromatic rings. The first-order chi connectivity index (χ1) is 9.15. The highest BCUT2D eigenvalue weighted by Gasteiger charge is 2.15. The maximum absolute atomic E-state index is 11.3. The van der Waals surface area contributed by atoms with E-state index < -0.39 is 5.97 Å². The highest BCUT2D eigenvalue weighted by Crippen LogP contribution is 2.20. The fourth-order valence-electron chi connectivity index (χ4n) is 2.09. The van der Waals surface area contributed by atoms with Crippen molar-refractivity contribution < 1.29 is 9.90 Å². The lowest BCUT2D eigenvalue weighted by Crippen LogP contribution is -2.10. The first-order valence-corrected chi connectivity index (χ1v) is 5.69. The summed E-state index contributed by atoms with van der Waals surface area (Å²) >= 11 is 0. The van der Waals surface area contributed by atoms with Gasteiger partial charge in [-0.05, 0) is 17.3 Å². The second-order valence-corrected chi connectivity index (χ2v) is 4.17. The van der Waals surface area contributed by atoms with Gasteiger partial charge in [0.1, 0.15) is 5.69 Å². The number of aryl methyl sites for hydroxylation is 1. The summed E-state index contributed by atoms with van der Waals surface area (Å²) in [4.78, 5) is 12.7. The second kappa shape index (κ2) is 4.20. The van der Waals surface area contributed by atoms with Crippen molar-refractivity contribution in [2.24, 2.45) is 7.05 Å². The lowest BCUT2D eigenvalue weighted by Gasteiger charge is -2.04. The van der Waals surface area contributed by atoms with Crippen LogP contribution in [0.15, 0.2) is 30.3 Å². The average Bonchev–Trinajstić information content (AvgIpc) is 2.95.